The van der Waals surface area contributed by atoms with Gasteiger partial charge in [0, 0.05) is 23.1 Å². The normalized spacial score (nSPS) is 15.9. The lowest BCUT2D eigenvalue weighted by molar-refractivity contribution is 0.0954. The Morgan fingerprint density at radius 2 is 1.81 bits per heavy atom. The first kappa shape index (κ1) is 18.6. The molecule has 1 aromatic heterocycles. The number of fused-ring (bicyclic) bond motifs is 1. The van der Waals surface area contributed by atoms with E-state index in [-0.39, 0.29) is 5.91 Å². The Labute approximate surface area is 158 Å². The molecule has 1 aliphatic carbocycles. The van der Waals surface area contributed by atoms with E-state index in [0.717, 1.165) is 23.3 Å². The fourth-order valence-electron chi connectivity index (χ4n) is 3.31. The lowest BCUT2D eigenvalue weighted by Crippen LogP contribution is -2.22. The van der Waals surface area contributed by atoms with E-state index in [1.54, 1.807) is 38.7 Å². The van der Waals surface area contributed by atoms with Crippen molar-refractivity contribution in [3.8, 4) is 17.2 Å². The molecule has 26 heavy (non-hydrogen) atoms. The number of rotatable bonds is 6. The van der Waals surface area contributed by atoms with Crippen molar-refractivity contribution < 1.29 is 19.0 Å². The van der Waals surface area contributed by atoms with Gasteiger partial charge in [0.25, 0.3) is 5.91 Å². The summed E-state index contributed by atoms with van der Waals surface area (Å²) < 4.78 is 16.1. The third kappa shape index (κ3) is 3.80. The molecule has 2 aromatic rings. The highest BCUT2D eigenvalue weighted by Crippen LogP contribution is 2.35. The van der Waals surface area contributed by atoms with E-state index in [1.807, 2.05) is 6.07 Å². The number of carbonyl (C=O) groups excluding carboxylic acids is 1. The third-order valence-corrected chi connectivity index (χ3v) is 6.01. The smallest absolute Gasteiger partial charge is 0.261 e. The zero-order chi connectivity index (χ0) is 18.7. The molecule has 0 spiro atoms. The van der Waals surface area contributed by atoms with Crippen LogP contribution in [-0.4, -0.2) is 27.2 Å². The number of carbonyl (C=O) groups is 1. The van der Waals surface area contributed by atoms with Gasteiger partial charge in [0.2, 0.25) is 0 Å². The van der Waals surface area contributed by atoms with Crippen LogP contribution in [0.4, 0.5) is 0 Å². The van der Waals surface area contributed by atoms with Crippen LogP contribution < -0.4 is 19.5 Å². The molecule has 1 aromatic carbocycles. The summed E-state index contributed by atoms with van der Waals surface area (Å²) in [5, 5.41) is 2.99. The minimum absolute atomic E-state index is 0.0473. The van der Waals surface area contributed by atoms with Crippen LogP contribution in [-0.2, 0) is 19.4 Å². The van der Waals surface area contributed by atoms with Gasteiger partial charge in [-0.2, -0.15) is 0 Å². The van der Waals surface area contributed by atoms with E-state index < -0.39 is 0 Å². The first-order valence-corrected chi connectivity index (χ1v) is 9.56. The maximum atomic E-state index is 12.6. The minimum Gasteiger partial charge on any atom is -0.496 e. The van der Waals surface area contributed by atoms with Crippen molar-refractivity contribution in [1.29, 1.82) is 0 Å². The van der Waals surface area contributed by atoms with Gasteiger partial charge in [-0.15, -0.1) is 11.3 Å². The molecule has 1 atom stereocenters. The summed E-state index contributed by atoms with van der Waals surface area (Å²) in [5.74, 6) is 2.51. The monoisotopic (exact) mass is 375 g/mol. The summed E-state index contributed by atoms with van der Waals surface area (Å²) >= 11 is 1.62. The highest BCUT2D eigenvalue weighted by atomic mass is 32.1. The van der Waals surface area contributed by atoms with Crippen molar-refractivity contribution in [3.05, 3.63) is 39.1 Å². The zero-order valence-electron chi connectivity index (χ0n) is 15.7. The van der Waals surface area contributed by atoms with Crippen LogP contribution in [0.15, 0.2) is 18.2 Å². The highest BCUT2D eigenvalue weighted by molar-refractivity contribution is 7.14. The average Bonchev–Trinajstić information content (AvgIpc) is 3.08. The van der Waals surface area contributed by atoms with Gasteiger partial charge >= 0.3 is 0 Å². The first-order chi connectivity index (χ1) is 12.5. The quantitative estimate of drug-likeness (QED) is 0.834. The second kappa shape index (κ2) is 7.99. The molecular formula is C20H25NO4S. The maximum Gasteiger partial charge on any atom is 0.261 e. The Hall–Kier alpha value is -2.21. The number of benzene rings is 1. The highest BCUT2D eigenvalue weighted by Gasteiger charge is 2.21. The largest absolute Gasteiger partial charge is 0.496 e. The number of amides is 1. The van der Waals surface area contributed by atoms with Crippen LogP contribution in [0.5, 0.6) is 17.2 Å². The van der Waals surface area contributed by atoms with E-state index in [1.165, 1.54) is 16.9 Å². The van der Waals surface area contributed by atoms with Gasteiger partial charge in [0.15, 0.2) is 11.5 Å². The molecule has 6 heteroatoms. The summed E-state index contributed by atoms with van der Waals surface area (Å²) in [5.41, 5.74) is 2.18. The molecule has 0 bridgehead atoms. The van der Waals surface area contributed by atoms with Crippen LogP contribution in [0.3, 0.4) is 0 Å². The third-order valence-electron chi connectivity index (χ3n) is 4.78. The number of thiophene rings is 1. The Bertz CT molecular complexity index is 799. The van der Waals surface area contributed by atoms with Crippen molar-refractivity contribution in [2.45, 2.75) is 32.7 Å². The SMILES string of the molecule is COc1cc(OC)c(OC)cc1CNC(=O)c1cc2c(s1)CC[C@H](C)C2. The van der Waals surface area contributed by atoms with Crippen LogP contribution in [0, 0.1) is 5.92 Å². The summed E-state index contributed by atoms with van der Waals surface area (Å²) in [6.07, 6.45) is 3.36. The minimum atomic E-state index is -0.0473. The van der Waals surface area contributed by atoms with Crippen LogP contribution >= 0.6 is 11.3 Å². The molecule has 0 unspecified atom stereocenters. The predicted octanol–water partition coefficient (Wildman–Crippen LogP) is 3.83. The van der Waals surface area contributed by atoms with E-state index >= 15 is 0 Å². The molecule has 5 nitrogen and oxygen atoms in total. The average molecular weight is 375 g/mol. The van der Waals surface area contributed by atoms with Gasteiger partial charge in [-0.05, 0) is 42.9 Å². The van der Waals surface area contributed by atoms with E-state index in [9.17, 15) is 4.79 Å². The molecule has 0 fully saturated rings. The number of hydrogen-bond donors (Lipinski definition) is 1. The van der Waals surface area contributed by atoms with E-state index in [2.05, 4.69) is 18.3 Å². The van der Waals surface area contributed by atoms with Gasteiger partial charge in [-0.25, -0.2) is 0 Å². The lowest BCUT2D eigenvalue weighted by atomic mass is 9.90. The molecule has 1 aliphatic rings. The van der Waals surface area contributed by atoms with Gasteiger partial charge in [-0.3, -0.25) is 4.79 Å². The van der Waals surface area contributed by atoms with Crippen LogP contribution in [0.2, 0.25) is 0 Å². The second-order valence-corrected chi connectivity index (χ2v) is 7.75. The lowest BCUT2D eigenvalue weighted by Gasteiger charge is -2.16. The molecule has 3 rings (SSSR count). The number of ether oxygens (including phenoxy) is 3. The molecule has 0 radical (unpaired) electrons. The first-order valence-electron chi connectivity index (χ1n) is 8.74. The van der Waals surface area contributed by atoms with Gasteiger partial charge in [0.1, 0.15) is 5.75 Å². The second-order valence-electron chi connectivity index (χ2n) is 6.61. The Morgan fingerprint density at radius 1 is 1.12 bits per heavy atom. The summed E-state index contributed by atoms with van der Waals surface area (Å²) in [4.78, 5) is 14.7. The summed E-state index contributed by atoms with van der Waals surface area (Å²) in [7, 11) is 4.77. The van der Waals surface area contributed by atoms with Crippen molar-refractivity contribution in [1.82, 2.24) is 5.32 Å². The Balaban J connectivity index is 1.73. The van der Waals surface area contributed by atoms with E-state index in [0.29, 0.717) is 29.7 Å². The number of methoxy groups -OCH3 is 3. The maximum absolute atomic E-state index is 12.6. The summed E-state index contributed by atoms with van der Waals surface area (Å²) in [6, 6.07) is 5.65. The Kier molecular flexibility index (Phi) is 5.71. The Morgan fingerprint density at radius 3 is 2.50 bits per heavy atom. The predicted molar refractivity (Wildman–Crippen MR) is 103 cm³/mol. The fraction of sp³-hybridized carbons (Fsp3) is 0.450. The standard InChI is InChI=1S/C20H25NO4S/c1-12-5-6-18-13(7-12)9-19(26-18)20(22)21-11-14-8-16(24-3)17(25-4)10-15(14)23-2/h8-10,12H,5-7,11H2,1-4H3,(H,21,22)/t12-/m0/s1. The number of hydrogen-bond acceptors (Lipinski definition) is 5. The van der Waals surface area contributed by atoms with Crippen LogP contribution in [0.1, 0.15) is 39.0 Å². The molecule has 0 aliphatic heterocycles. The molecule has 140 valence electrons. The van der Waals surface area contributed by atoms with Crippen molar-refractivity contribution >= 4 is 17.2 Å². The molecular weight excluding hydrogens is 350 g/mol. The fourth-order valence-corrected chi connectivity index (χ4v) is 4.44. The number of aryl methyl sites for hydroxylation is 1. The zero-order valence-corrected chi connectivity index (χ0v) is 16.5. The molecule has 1 N–H and O–H groups in total. The number of nitrogens with one attached hydrogen (secondary N) is 1. The van der Waals surface area contributed by atoms with Gasteiger partial charge in [0.05, 0.1) is 26.2 Å². The van der Waals surface area contributed by atoms with Crippen molar-refractivity contribution in [2.24, 2.45) is 5.92 Å². The van der Waals surface area contributed by atoms with Gasteiger partial charge < -0.3 is 19.5 Å². The molecule has 1 amide bonds. The molecule has 0 saturated heterocycles. The molecule has 0 saturated carbocycles. The topological polar surface area (TPSA) is 56.8 Å². The van der Waals surface area contributed by atoms with Crippen molar-refractivity contribution in [3.63, 3.8) is 0 Å². The van der Waals surface area contributed by atoms with Crippen molar-refractivity contribution in [2.75, 3.05) is 21.3 Å². The molecule has 1 heterocycles. The van der Waals surface area contributed by atoms with Gasteiger partial charge in [-0.1, -0.05) is 6.92 Å². The van der Waals surface area contributed by atoms with E-state index in [4.69, 9.17) is 14.2 Å². The summed E-state index contributed by atoms with van der Waals surface area (Å²) in [6.45, 7) is 2.63. The van der Waals surface area contributed by atoms with Crippen LogP contribution in [0.25, 0.3) is 0 Å².